The highest BCUT2D eigenvalue weighted by molar-refractivity contribution is 5.28. The second kappa shape index (κ2) is 5.53. The molecular formula is C13H17NO. The molecule has 0 heterocycles. The second-order valence-corrected chi connectivity index (χ2v) is 3.80. The molecule has 0 amide bonds. The molecule has 2 heteroatoms. The van der Waals surface area contributed by atoms with Crippen molar-refractivity contribution in [3.8, 4) is 6.07 Å². The van der Waals surface area contributed by atoms with E-state index in [1.54, 1.807) is 12.1 Å². The predicted molar refractivity (Wildman–Crippen MR) is 60.1 cm³/mol. The van der Waals surface area contributed by atoms with Crippen LogP contribution in [0.4, 0.5) is 0 Å². The maximum absolute atomic E-state index is 10.2. The Labute approximate surface area is 91.2 Å². The molecule has 1 N–H and O–H groups in total. The molecule has 0 aliphatic rings. The highest BCUT2D eigenvalue weighted by Gasteiger charge is 2.27. The molecule has 0 aromatic heterocycles. The van der Waals surface area contributed by atoms with Crippen LogP contribution in [-0.4, -0.2) is 5.11 Å². The topological polar surface area (TPSA) is 44.0 Å². The van der Waals surface area contributed by atoms with Gasteiger partial charge in [0.1, 0.15) is 6.07 Å². The van der Waals surface area contributed by atoms with E-state index in [9.17, 15) is 5.11 Å². The maximum Gasteiger partial charge on any atom is 0.176 e. The third-order valence-corrected chi connectivity index (χ3v) is 2.58. The van der Waals surface area contributed by atoms with Gasteiger partial charge in [0.15, 0.2) is 5.60 Å². The molecule has 2 nitrogen and oxygen atoms in total. The highest BCUT2D eigenvalue weighted by atomic mass is 16.3. The molecule has 1 aromatic rings. The molecule has 0 saturated carbocycles. The van der Waals surface area contributed by atoms with Crippen molar-refractivity contribution in [1.82, 2.24) is 0 Å². The zero-order valence-electron chi connectivity index (χ0n) is 9.11. The summed E-state index contributed by atoms with van der Waals surface area (Å²) in [7, 11) is 0. The molecule has 1 rings (SSSR count). The normalized spacial score (nSPS) is 14.2. The number of rotatable bonds is 5. The van der Waals surface area contributed by atoms with Crippen LogP contribution in [-0.2, 0) is 5.60 Å². The number of benzene rings is 1. The van der Waals surface area contributed by atoms with Crippen molar-refractivity contribution < 1.29 is 5.11 Å². The smallest absolute Gasteiger partial charge is 0.176 e. The van der Waals surface area contributed by atoms with Gasteiger partial charge in [-0.2, -0.15) is 5.26 Å². The van der Waals surface area contributed by atoms with Gasteiger partial charge < -0.3 is 5.11 Å². The lowest BCUT2D eigenvalue weighted by Crippen LogP contribution is -2.23. The van der Waals surface area contributed by atoms with E-state index in [0.717, 1.165) is 19.3 Å². The summed E-state index contributed by atoms with van der Waals surface area (Å²) in [4.78, 5) is 0. The Morgan fingerprint density at radius 3 is 2.47 bits per heavy atom. The third kappa shape index (κ3) is 3.07. The van der Waals surface area contributed by atoms with Crippen molar-refractivity contribution in [1.29, 1.82) is 5.26 Å². The molecule has 1 unspecified atom stereocenters. The second-order valence-electron chi connectivity index (χ2n) is 3.80. The van der Waals surface area contributed by atoms with E-state index in [0.29, 0.717) is 12.0 Å². The van der Waals surface area contributed by atoms with Crippen LogP contribution in [0.15, 0.2) is 30.3 Å². The fourth-order valence-corrected chi connectivity index (χ4v) is 1.61. The SMILES string of the molecule is CCCCCC(O)(C#N)c1ccccc1. The zero-order valence-corrected chi connectivity index (χ0v) is 9.11. The van der Waals surface area contributed by atoms with Gasteiger partial charge in [-0.3, -0.25) is 0 Å². The molecule has 0 fully saturated rings. The van der Waals surface area contributed by atoms with E-state index in [1.165, 1.54) is 0 Å². The summed E-state index contributed by atoms with van der Waals surface area (Å²) in [5.41, 5.74) is -0.611. The van der Waals surface area contributed by atoms with Crippen LogP contribution in [0.1, 0.15) is 38.2 Å². The molecule has 0 aliphatic carbocycles. The van der Waals surface area contributed by atoms with E-state index in [2.05, 4.69) is 6.92 Å². The number of unbranched alkanes of at least 4 members (excludes halogenated alkanes) is 2. The van der Waals surface area contributed by atoms with Gasteiger partial charge in [0.05, 0.1) is 0 Å². The summed E-state index contributed by atoms with van der Waals surface area (Å²) < 4.78 is 0. The van der Waals surface area contributed by atoms with Crippen molar-refractivity contribution >= 4 is 0 Å². The van der Waals surface area contributed by atoms with E-state index in [-0.39, 0.29) is 0 Å². The average Bonchev–Trinajstić information content (AvgIpc) is 2.30. The van der Waals surface area contributed by atoms with Crippen LogP contribution in [0, 0.1) is 11.3 Å². The molecule has 80 valence electrons. The van der Waals surface area contributed by atoms with Gasteiger partial charge in [-0.1, -0.05) is 50.1 Å². The Kier molecular flexibility index (Phi) is 4.33. The van der Waals surface area contributed by atoms with E-state index in [1.807, 2.05) is 24.3 Å². The Morgan fingerprint density at radius 2 is 1.93 bits per heavy atom. The summed E-state index contributed by atoms with van der Waals surface area (Å²) in [5.74, 6) is 0. The lowest BCUT2D eigenvalue weighted by Gasteiger charge is -2.20. The highest BCUT2D eigenvalue weighted by Crippen LogP contribution is 2.26. The van der Waals surface area contributed by atoms with E-state index >= 15 is 0 Å². The summed E-state index contributed by atoms with van der Waals surface area (Å²) in [5, 5.41) is 19.2. The minimum absolute atomic E-state index is 0.515. The van der Waals surface area contributed by atoms with Gasteiger partial charge in [0, 0.05) is 0 Å². The number of nitrogens with zero attached hydrogens (tertiary/aromatic N) is 1. The molecule has 0 saturated heterocycles. The molecule has 0 radical (unpaired) electrons. The third-order valence-electron chi connectivity index (χ3n) is 2.58. The standard InChI is InChI=1S/C13H17NO/c1-2-3-7-10-13(15,11-14)12-8-5-4-6-9-12/h4-6,8-9,15H,2-3,7,10H2,1H3. The summed E-state index contributed by atoms with van der Waals surface area (Å²) in [6.45, 7) is 2.11. The first-order chi connectivity index (χ1) is 7.23. The average molecular weight is 203 g/mol. The van der Waals surface area contributed by atoms with E-state index in [4.69, 9.17) is 5.26 Å². The van der Waals surface area contributed by atoms with Crippen molar-refractivity contribution in [2.45, 2.75) is 38.2 Å². The zero-order chi connectivity index (χ0) is 11.1. The quantitative estimate of drug-likeness (QED) is 0.590. The number of hydrogen-bond acceptors (Lipinski definition) is 2. The van der Waals surface area contributed by atoms with Crippen molar-refractivity contribution in [3.05, 3.63) is 35.9 Å². The van der Waals surface area contributed by atoms with Crippen LogP contribution >= 0.6 is 0 Å². The van der Waals surface area contributed by atoms with Crippen LogP contribution in [0.2, 0.25) is 0 Å². The molecule has 0 aliphatic heterocycles. The van der Waals surface area contributed by atoms with Crippen molar-refractivity contribution in [2.75, 3.05) is 0 Å². The van der Waals surface area contributed by atoms with Crippen LogP contribution in [0.25, 0.3) is 0 Å². The van der Waals surface area contributed by atoms with Crippen molar-refractivity contribution in [3.63, 3.8) is 0 Å². The fraction of sp³-hybridized carbons (Fsp3) is 0.462. The Morgan fingerprint density at radius 1 is 1.27 bits per heavy atom. The summed E-state index contributed by atoms with van der Waals surface area (Å²) >= 11 is 0. The van der Waals surface area contributed by atoms with Gasteiger partial charge in [-0.05, 0) is 18.4 Å². The monoisotopic (exact) mass is 203 g/mol. The predicted octanol–water partition coefficient (Wildman–Crippen LogP) is 2.98. The van der Waals surface area contributed by atoms with E-state index < -0.39 is 5.60 Å². The molecule has 0 bridgehead atoms. The molecule has 1 atom stereocenters. The number of aliphatic hydroxyl groups is 1. The summed E-state index contributed by atoms with van der Waals surface area (Å²) in [6.07, 6.45) is 3.55. The Bertz CT molecular complexity index is 328. The fourth-order valence-electron chi connectivity index (χ4n) is 1.61. The Balaban J connectivity index is 2.73. The van der Waals surface area contributed by atoms with Crippen molar-refractivity contribution in [2.24, 2.45) is 0 Å². The van der Waals surface area contributed by atoms with Gasteiger partial charge >= 0.3 is 0 Å². The molecule has 1 aromatic carbocycles. The van der Waals surface area contributed by atoms with Crippen LogP contribution in [0.5, 0.6) is 0 Å². The lowest BCUT2D eigenvalue weighted by atomic mass is 9.90. The van der Waals surface area contributed by atoms with Gasteiger partial charge in [-0.15, -0.1) is 0 Å². The van der Waals surface area contributed by atoms with Gasteiger partial charge in [0.25, 0.3) is 0 Å². The minimum atomic E-state index is -1.31. The van der Waals surface area contributed by atoms with Crippen LogP contribution < -0.4 is 0 Å². The number of nitriles is 1. The number of hydrogen-bond donors (Lipinski definition) is 1. The lowest BCUT2D eigenvalue weighted by molar-refractivity contribution is 0.0847. The maximum atomic E-state index is 10.2. The van der Waals surface area contributed by atoms with Gasteiger partial charge in [-0.25, -0.2) is 0 Å². The summed E-state index contributed by atoms with van der Waals surface area (Å²) in [6, 6.07) is 11.2. The molecular weight excluding hydrogens is 186 g/mol. The first-order valence-electron chi connectivity index (χ1n) is 5.42. The Hall–Kier alpha value is -1.33. The largest absolute Gasteiger partial charge is 0.371 e. The van der Waals surface area contributed by atoms with Gasteiger partial charge in [0.2, 0.25) is 0 Å². The van der Waals surface area contributed by atoms with Crippen LogP contribution in [0.3, 0.4) is 0 Å². The first-order valence-corrected chi connectivity index (χ1v) is 5.42. The molecule has 15 heavy (non-hydrogen) atoms. The minimum Gasteiger partial charge on any atom is -0.371 e. The molecule has 0 spiro atoms. The first kappa shape index (κ1) is 11.7.